The van der Waals surface area contributed by atoms with E-state index in [-0.39, 0.29) is 43.5 Å². The first-order valence-corrected chi connectivity index (χ1v) is 9.03. The van der Waals surface area contributed by atoms with Crippen LogP contribution >= 0.6 is 22.9 Å². The molecule has 130 valence electrons. The molecule has 25 heavy (non-hydrogen) atoms. The topological polar surface area (TPSA) is 79.4 Å². The predicted octanol–water partition coefficient (Wildman–Crippen LogP) is 2.86. The Morgan fingerprint density at radius 2 is 2.04 bits per heavy atom. The van der Waals surface area contributed by atoms with E-state index in [1.54, 1.807) is 6.20 Å². The monoisotopic (exact) mass is 377 g/mol. The Hall–Kier alpha value is -2.25. The van der Waals surface area contributed by atoms with E-state index in [9.17, 15) is 14.4 Å². The molecule has 1 N–H and O–H groups in total. The highest BCUT2D eigenvalue weighted by Crippen LogP contribution is 2.22. The van der Waals surface area contributed by atoms with Gasteiger partial charge in [0, 0.05) is 48.3 Å². The molecule has 1 fully saturated rings. The fourth-order valence-electron chi connectivity index (χ4n) is 2.56. The summed E-state index contributed by atoms with van der Waals surface area (Å²) >= 11 is 7.36. The van der Waals surface area contributed by atoms with Crippen LogP contribution in [0.15, 0.2) is 30.5 Å². The molecule has 0 saturated carbocycles. The lowest BCUT2D eigenvalue weighted by Crippen LogP contribution is -2.32. The van der Waals surface area contributed by atoms with Crippen molar-refractivity contribution in [1.82, 2.24) is 9.88 Å². The van der Waals surface area contributed by atoms with Gasteiger partial charge in [0.05, 0.1) is 0 Å². The Labute approximate surface area is 153 Å². The maximum absolute atomic E-state index is 12.0. The van der Waals surface area contributed by atoms with Crippen LogP contribution in [0.3, 0.4) is 0 Å². The molecular weight excluding hydrogens is 362 g/mol. The van der Waals surface area contributed by atoms with Crippen LogP contribution in [0.5, 0.6) is 0 Å². The second kappa shape index (κ2) is 7.76. The number of likely N-dealkylation sites (tertiary alicyclic amines) is 1. The van der Waals surface area contributed by atoms with Crippen molar-refractivity contribution >= 4 is 45.8 Å². The van der Waals surface area contributed by atoms with Crippen LogP contribution in [-0.4, -0.2) is 34.2 Å². The molecule has 2 aromatic rings. The Kier molecular flexibility index (Phi) is 5.45. The number of amides is 3. The summed E-state index contributed by atoms with van der Waals surface area (Å²) in [6, 6.07) is 7.58. The summed E-state index contributed by atoms with van der Waals surface area (Å²) in [5.41, 5.74) is 1.07. The largest absolute Gasteiger partial charge is 0.302 e. The highest BCUT2D eigenvalue weighted by molar-refractivity contribution is 7.15. The maximum atomic E-state index is 12.0. The van der Waals surface area contributed by atoms with Gasteiger partial charge in [0.1, 0.15) is 0 Å². The molecule has 1 saturated heterocycles. The molecule has 2 heterocycles. The van der Waals surface area contributed by atoms with E-state index in [0.29, 0.717) is 16.6 Å². The van der Waals surface area contributed by atoms with Crippen molar-refractivity contribution in [2.75, 3.05) is 11.9 Å². The summed E-state index contributed by atoms with van der Waals surface area (Å²) in [5, 5.41) is 3.89. The summed E-state index contributed by atoms with van der Waals surface area (Å²) < 4.78 is 0. The van der Waals surface area contributed by atoms with E-state index in [1.807, 2.05) is 24.3 Å². The third kappa shape index (κ3) is 4.64. The molecule has 0 spiro atoms. The number of imide groups is 1. The molecule has 0 radical (unpaired) electrons. The van der Waals surface area contributed by atoms with Gasteiger partial charge in [-0.05, 0) is 17.7 Å². The molecule has 0 bridgehead atoms. The Bertz CT molecular complexity index is 805. The summed E-state index contributed by atoms with van der Waals surface area (Å²) in [4.78, 5) is 41.3. The van der Waals surface area contributed by atoms with Crippen molar-refractivity contribution in [2.45, 2.75) is 25.7 Å². The van der Waals surface area contributed by atoms with Crippen molar-refractivity contribution in [2.24, 2.45) is 0 Å². The second-order valence-corrected chi connectivity index (χ2v) is 7.23. The Morgan fingerprint density at radius 3 is 2.76 bits per heavy atom. The first-order valence-electron chi connectivity index (χ1n) is 7.83. The number of rotatable bonds is 6. The lowest BCUT2D eigenvalue weighted by atomic mass is 10.1. The Morgan fingerprint density at radius 1 is 1.28 bits per heavy atom. The van der Waals surface area contributed by atoms with Gasteiger partial charge in [-0.1, -0.05) is 23.7 Å². The van der Waals surface area contributed by atoms with Crippen molar-refractivity contribution in [3.8, 4) is 0 Å². The third-order valence-corrected chi connectivity index (χ3v) is 4.93. The van der Waals surface area contributed by atoms with Gasteiger partial charge in [-0.15, -0.1) is 11.3 Å². The van der Waals surface area contributed by atoms with Gasteiger partial charge in [-0.2, -0.15) is 0 Å². The first-order chi connectivity index (χ1) is 12.0. The molecule has 3 amide bonds. The number of carbonyl (C=O) groups excluding carboxylic acids is 3. The highest BCUT2D eigenvalue weighted by Gasteiger charge is 2.28. The molecule has 6 nitrogen and oxygen atoms in total. The van der Waals surface area contributed by atoms with Gasteiger partial charge in [0.2, 0.25) is 17.7 Å². The summed E-state index contributed by atoms with van der Waals surface area (Å²) in [7, 11) is 0. The molecule has 0 unspecified atom stereocenters. The van der Waals surface area contributed by atoms with Crippen LogP contribution in [0.2, 0.25) is 5.02 Å². The maximum Gasteiger partial charge on any atom is 0.229 e. The standard InChI is InChI=1S/C17H16ClN3O3S/c18-12-3-1-2-11(8-12)9-13-10-19-17(25-13)20-14(22)6-7-21-15(23)4-5-16(21)24/h1-3,8,10H,4-7,9H2,(H,19,20,22). The predicted molar refractivity (Wildman–Crippen MR) is 95.6 cm³/mol. The quantitative estimate of drug-likeness (QED) is 0.785. The van der Waals surface area contributed by atoms with Crippen LogP contribution in [0.25, 0.3) is 0 Å². The molecule has 1 aromatic heterocycles. The summed E-state index contributed by atoms with van der Waals surface area (Å²) in [6.07, 6.45) is 2.94. The number of benzene rings is 1. The number of carbonyl (C=O) groups is 3. The number of nitrogens with one attached hydrogen (secondary N) is 1. The molecule has 1 aliphatic rings. The van der Waals surface area contributed by atoms with E-state index >= 15 is 0 Å². The minimum Gasteiger partial charge on any atom is -0.302 e. The number of nitrogens with zero attached hydrogens (tertiary/aromatic N) is 2. The van der Waals surface area contributed by atoms with Gasteiger partial charge in [0.25, 0.3) is 0 Å². The number of halogens is 1. The van der Waals surface area contributed by atoms with Crippen molar-refractivity contribution < 1.29 is 14.4 Å². The van der Waals surface area contributed by atoms with Crippen LogP contribution in [0.4, 0.5) is 5.13 Å². The smallest absolute Gasteiger partial charge is 0.229 e. The molecule has 8 heteroatoms. The lowest BCUT2D eigenvalue weighted by Gasteiger charge is -2.12. The molecule has 3 rings (SSSR count). The molecule has 1 aliphatic heterocycles. The molecule has 0 aliphatic carbocycles. The van der Waals surface area contributed by atoms with E-state index in [2.05, 4.69) is 10.3 Å². The zero-order valence-corrected chi connectivity index (χ0v) is 14.9. The fraction of sp³-hybridized carbons (Fsp3) is 0.294. The SMILES string of the molecule is O=C(CCN1C(=O)CCC1=O)Nc1ncc(Cc2cccc(Cl)c2)s1. The van der Waals surface area contributed by atoms with E-state index in [0.717, 1.165) is 15.3 Å². The first kappa shape index (κ1) is 17.6. The van der Waals surface area contributed by atoms with Crippen LogP contribution < -0.4 is 5.32 Å². The van der Waals surface area contributed by atoms with Crippen LogP contribution in [-0.2, 0) is 20.8 Å². The van der Waals surface area contributed by atoms with Gasteiger partial charge in [-0.3, -0.25) is 19.3 Å². The number of anilines is 1. The minimum atomic E-state index is -0.267. The molecule has 0 atom stereocenters. The van der Waals surface area contributed by atoms with Crippen molar-refractivity contribution in [1.29, 1.82) is 0 Å². The zero-order valence-electron chi connectivity index (χ0n) is 13.3. The van der Waals surface area contributed by atoms with Gasteiger partial charge >= 0.3 is 0 Å². The normalized spacial score (nSPS) is 14.2. The summed E-state index contributed by atoms with van der Waals surface area (Å²) in [6.45, 7) is 0.115. The number of hydrogen-bond acceptors (Lipinski definition) is 5. The number of hydrogen-bond donors (Lipinski definition) is 1. The van der Waals surface area contributed by atoms with E-state index in [4.69, 9.17) is 11.6 Å². The van der Waals surface area contributed by atoms with Gasteiger partial charge in [0.15, 0.2) is 5.13 Å². The number of aromatic nitrogens is 1. The van der Waals surface area contributed by atoms with Crippen LogP contribution in [0.1, 0.15) is 29.7 Å². The van der Waals surface area contributed by atoms with E-state index < -0.39 is 0 Å². The Balaban J connectivity index is 1.51. The average Bonchev–Trinajstić information content (AvgIpc) is 3.12. The second-order valence-electron chi connectivity index (χ2n) is 5.68. The molecule has 1 aromatic carbocycles. The molecular formula is C17H16ClN3O3S. The number of thiazole rings is 1. The van der Waals surface area contributed by atoms with Crippen molar-refractivity contribution in [3.63, 3.8) is 0 Å². The summed E-state index contributed by atoms with van der Waals surface area (Å²) in [5.74, 6) is -0.692. The minimum absolute atomic E-state index is 0.0701. The van der Waals surface area contributed by atoms with Gasteiger partial charge < -0.3 is 5.32 Å². The zero-order chi connectivity index (χ0) is 17.8. The van der Waals surface area contributed by atoms with Crippen molar-refractivity contribution in [3.05, 3.63) is 45.9 Å². The fourth-order valence-corrected chi connectivity index (χ4v) is 3.64. The average molecular weight is 378 g/mol. The van der Waals surface area contributed by atoms with Crippen LogP contribution in [0, 0.1) is 0 Å². The highest BCUT2D eigenvalue weighted by atomic mass is 35.5. The third-order valence-electron chi connectivity index (χ3n) is 3.78. The van der Waals surface area contributed by atoms with Gasteiger partial charge in [-0.25, -0.2) is 4.98 Å². The lowest BCUT2D eigenvalue weighted by molar-refractivity contribution is -0.138. The van der Waals surface area contributed by atoms with E-state index in [1.165, 1.54) is 11.3 Å².